The van der Waals surface area contributed by atoms with Gasteiger partial charge in [-0.3, -0.25) is 4.79 Å². The molecule has 1 aromatic carbocycles. The number of thioether (sulfide) groups is 1. The first kappa shape index (κ1) is 18.3. The van der Waals surface area contributed by atoms with Crippen molar-refractivity contribution in [1.29, 1.82) is 5.26 Å². The van der Waals surface area contributed by atoms with Gasteiger partial charge in [0.25, 0.3) is 0 Å². The van der Waals surface area contributed by atoms with Gasteiger partial charge in [0, 0.05) is 17.3 Å². The van der Waals surface area contributed by atoms with Crippen molar-refractivity contribution in [3.8, 4) is 17.6 Å². The van der Waals surface area contributed by atoms with Crippen molar-refractivity contribution in [2.24, 2.45) is 0 Å². The number of anilines is 1. The lowest BCUT2D eigenvalue weighted by Crippen LogP contribution is -2.14. The van der Waals surface area contributed by atoms with E-state index in [4.69, 9.17) is 10.00 Å². The first-order valence-corrected chi connectivity index (χ1v) is 8.75. The SMILES string of the molecule is C=Cc1c(C#N)ncc2[nH]c(SCC(=O)Nc3ccc(OC)c(O)c3)nc12. The first-order valence-electron chi connectivity index (χ1n) is 7.76. The zero-order chi connectivity index (χ0) is 19.4. The van der Waals surface area contributed by atoms with Crippen molar-refractivity contribution in [2.75, 3.05) is 18.2 Å². The van der Waals surface area contributed by atoms with Crippen LogP contribution in [-0.4, -0.2) is 38.8 Å². The van der Waals surface area contributed by atoms with Crippen LogP contribution in [-0.2, 0) is 4.79 Å². The third-order valence-electron chi connectivity index (χ3n) is 3.66. The van der Waals surface area contributed by atoms with Gasteiger partial charge >= 0.3 is 0 Å². The molecule has 2 aromatic heterocycles. The first-order chi connectivity index (χ1) is 13.0. The van der Waals surface area contributed by atoms with Crippen LogP contribution in [0.4, 0.5) is 5.69 Å². The number of aromatic hydroxyl groups is 1. The largest absolute Gasteiger partial charge is 0.504 e. The number of aromatic nitrogens is 3. The predicted octanol–water partition coefficient (Wildman–Crippen LogP) is 2.92. The Bertz CT molecular complexity index is 1070. The fraction of sp³-hybridized carbons (Fsp3) is 0.111. The number of nitriles is 1. The molecular formula is C18H15N5O3S. The van der Waals surface area contributed by atoms with Crippen LogP contribution in [0.25, 0.3) is 17.1 Å². The van der Waals surface area contributed by atoms with Crippen LogP contribution in [0, 0.1) is 11.3 Å². The molecule has 0 saturated heterocycles. The number of phenols is 1. The number of carbonyl (C=O) groups is 1. The van der Waals surface area contributed by atoms with Crippen molar-refractivity contribution in [1.82, 2.24) is 15.0 Å². The van der Waals surface area contributed by atoms with Crippen LogP contribution in [0.1, 0.15) is 11.3 Å². The predicted molar refractivity (Wildman–Crippen MR) is 103 cm³/mol. The number of aromatic amines is 1. The summed E-state index contributed by atoms with van der Waals surface area (Å²) < 4.78 is 4.96. The van der Waals surface area contributed by atoms with Gasteiger partial charge in [-0.05, 0) is 12.1 Å². The van der Waals surface area contributed by atoms with E-state index >= 15 is 0 Å². The lowest BCUT2D eigenvalue weighted by atomic mass is 10.2. The smallest absolute Gasteiger partial charge is 0.234 e. The summed E-state index contributed by atoms with van der Waals surface area (Å²) in [5.74, 6) is 0.116. The molecule has 0 atom stereocenters. The minimum absolute atomic E-state index is 0.0574. The minimum Gasteiger partial charge on any atom is -0.504 e. The Morgan fingerprint density at radius 2 is 2.37 bits per heavy atom. The Morgan fingerprint density at radius 1 is 1.56 bits per heavy atom. The minimum atomic E-state index is -0.259. The van der Waals surface area contributed by atoms with Crippen LogP contribution in [0.2, 0.25) is 0 Å². The number of rotatable bonds is 6. The van der Waals surface area contributed by atoms with Crippen molar-refractivity contribution in [3.05, 3.63) is 42.2 Å². The van der Waals surface area contributed by atoms with E-state index in [9.17, 15) is 9.90 Å². The molecule has 8 nitrogen and oxygen atoms in total. The maximum atomic E-state index is 12.1. The number of nitrogens with zero attached hydrogens (tertiary/aromatic N) is 3. The van der Waals surface area contributed by atoms with Gasteiger partial charge in [-0.2, -0.15) is 5.26 Å². The highest BCUT2D eigenvalue weighted by Gasteiger charge is 2.13. The maximum absolute atomic E-state index is 12.1. The molecule has 27 heavy (non-hydrogen) atoms. The Hall–Kier alpha value is -3.51. The number of hydrogen-bond acceptors (Lipinski definition) is 7. The molecule has 0 bridgehead atoms. The van der Waals surface area contributed by atoms with Crippen LogP contribution in [0.3, 0.4) is 0 Å². The third kappa shape index (κ3) is 3.86. The number of nitrogens with one attached hydrogen (secondary N) is 2. The van der Waals surface area contributed by atoms with E-state index in [0.29, 0.717) is 33.2 Å². The number of hydrogen-bond donors (Lipinski definition) is 3. The molecule has 0 aliphatic carbocycles. The second-order valence-corrected chi connectivity index (χ2v) is 6.33. The van der Waals surface area contributed by atoms with Gasteiger partial charge < -0.3 is 20.1 Å². The quantitative estimate of drug-likeness (QED) is 0.561. The third-order valence-corrected chi connectivity index (χ3v) is 4.53. The number of imidazole rings is 1. The summed E-state index contributed by atoms with van der Waals surface area (Å²) in [6, 6.07) is 6.61. The summed E-state index contributed by atoms with van der Waals surface area (Å²) in [6.45, 7) is 3.69. The fourth-order valence-electron chi connectivity index (χ4n) is 2.42. The van der Waals surface area contributed by atoms with Gasteiger partial charge in [0.15, 0.2) is 16.7 Å². The van der Waals surface area contributed by atoms with Crippen LogP contribution < -0.4 is 10.1 Å². The highest BCUT2D eigenvalue weighted by atomic mass is 32.2. The molecular weight excluding hydrogens is 366 g/mol. The Labute approximate surface area is 158 Å². The monoisotopic (exact) mass is 381 g/mol. The summed E-state index contributed by atoms with van der Waals surface area (Å²) in [4.78, 5) is 23.7. The van der Waals surface area contributed by atoms with Crippen molar-refractivity contribution < 1.29 is 14.6 Å². The molecule has 9 heteroatoms. The molecule has 3 rings (SSSR count). The number of H-pyrrole nitrogens is 1. The molecule has 0 aliphatic rings. The average Bonchev–Trinajstić information content (AvgIpc) is 3.08. The van der Waals surface area contributed by atoms with E-state index in [1.807, 2.05) is 6.07 Å². The van der Waals surface area contributed by atoms with E-state index < -0.39 is 0 Å². The summed E-state index contributed by atoms with van der Waals surface area (Å²) in [7, 11) is 1.45. The van der Waals surface area contributed by atoms with Gasteiger partial charge in [0.05, 0.1) is 24.6 Å². The van der Waals surface area contributed by atoms with Gasteiger partial charge in [-0.25, -0.2) is 9.97 Å². The Kier molecular flexibility index (Phi) is 5.28. The highest BCUT2D eigenvalue weighted by molar-refractivity contribution is 7.99. The van der Waals surface area contributed by atoms with Crippen molar-refractivity contribution in [3.63, 3.8) is 0 Å². The van der Waals surface area contributed by atoms with Crippen LogP contribution in [0.5, 0.6) is 11.5 Å². The second-order valence-electron chi connectivity index (χ2n) is 5.36. The van der Waals surface area contributed by atoms with E-state index in [2.05, 4.69) is 26.8 Å². The molecule has 0 spiro atoms. The van der Waals surface area contributed by atoms with Gasteiger partial charge in [-0.1, -0.05) is 24.4 Å². The second kappa shape index (κ2) is 7.80. The molecule has 3 aromatic rings. The number of benzene rings is 1. The summed E-state index contributed by atoms with van der Waals surface area (Å²) in [5.41, 5.74) is 2.50. The molecule has 1 amide bonds. The molecule has 0 fully saturated rings. The molecule has 3 N–H and O–H groups in total. The zero-order valence-corrected chi connectivity index (χ0v) is 15.1. The highest BCUT2D eigenvalue weighted by Crippen LogP contribution is 2.29. The molecule has 2 heterocycles. The summed E-state index contributed by atoms with van der Waals surface area (Å²) >= 11 is 1.21. The summed E-state index contributed by atoms with van der Waals surface area (Å²) in [6.07, 6.45) is 3.06. The standard InChI is InChI=1S/C18H15N5O3S/c1-3-11-12(7-19)20-8-13-17(11)23-18(22-13)27-9-16(25)21-10-4-5-15(26-2)14(24)6-10/h3-6,8,24H,1,9H2,2H3,(H,21,25)(H,22,23). The molecule has 0 saturated carbocycles. The van der Waals surface area contributed by atoms with Gasteiger partial charge in [0.2, 0.25) is 5.91 Å². The zero-order valence-electron chi connectivity index (χ0n) is 14.3. The number of phenolic OH excluding ortho intramolecular Hbond substituents is 1. The molecule has 0 aliphatic heterocycles. The number of fused-ring (bicyclic) bond motifs is 1. The fourth-order valence-corrected chi connectivity index (χ4v) is 3.10. The topological polar surface area (TPSA) is 124 Å². The lowest BCUT2D eigenvalue weighted by Gasteiger charge is -2.07. The molecule has 0 radical (unpaired) electrons. The Balaban J connectivity index is 1.69. The van der Waals surface area contributed by atoms with Crippen LogP contribution in [0.15, 0.2) is 36.1 Å². The van der Waals surface area contributed by atoms with Crippen molar-refractivity contribution >= 4 is 40.5 Å². The van der Waals surface area contributed by atoms with E-state index in [1.165, 1.54) is 37.2 Å². The lowest BCUT2D eigenvalue weighted by molar-refractivity contribution is -0.113. The molecule has 136 valence electrons. The van der Waals surface area contributed by atoms with Crippen LogP contribution >= 0.6 is 11.8 Å². The van der Waals surface area contributed by atoms with E-state index in [0.717, 1.165) is 0 Å². The summed E-state index contributed by atoms with van der Waals surface area (Å²) in [5, 5.41) is 22.1. The molecule has 0 unspecified atom stereocenters. The number of pyridine rings is 1. The maximum Gasteiger partial charge on any atom is 0.234 e. The van der Waals surface area contributed by atoms with Crippen molar-refractivity contribution in [2.45, 2.75) is 5.16 Å². The number of ether oxygens (including phenoxy) is 1. The van der Waals surface area contributed by atoms with E-state index in [-0.39, 0.29) is 23.1 Å². The average molecular weight is 381 g/mol. The number of carbonyl (C=O) groups excluding carboxylic acids is 1. The van der Waals surface area contributed by atoms with Gasteiger partial charge in [-0.15, -0.1) is 0 Å². The van der Waals surface area contributed by atoms with E-state index in [1.54, 1.807) is 12.1 Å². The van der Waals surface area contributed by atoms with Gasteiger partial charge in [0.1, 0.15) is 17.3 Å². The number of methoxy groups -OCH3 is 1. The Morgan fingerprint density at radius 3 is 3.04 bits per heavy atom. The normalized spacial score (nSPS) is 10.4. The number of amides is 1.